The van der Waals surface area contributed by atoms with E-state index in [0.717, 1.165) is 68.1 Å². The van der Waals surface area contributed by atoms with Gasteiger partial charge in [0.15, 0.2) is 5.13 Å². The first kappa shape index (κ1) is 18.2. The van der Waals surface area contributed by atoms with Gasteiger partial charge in [0.05, 0.1) is 5.69 Å². The zero-order chi connectivity index (χ0) is 17.9. The van der Waals surface area contributed by atoms with Crippen molar-refractivity contribution in [3.8, 4) is 0 Å². The highest BCUT2D eigenvalue weighted by molar-refractivity contribution is 7.13. The molecule has 4 rings (SSSR count). The van der Waals surface area contributed by atoms with Gasteiger partial charge in [-0.15, -0.1) is 11.3 Å². The number of anilines is 1. The number of halogens is 1. The van der Waals surface area contributed by atoms with Crippen molar-refractivity contribution >= 4 is 28.1 Å². The van der Waals surface area contributed by atoms with Crippen molar-refractivity contribution in [2.24, 2.45) is 5.92 Å². The zero-order valence-corrected chi connectivity index (χ0v) is 16.8. The van der Waals surface area contributed by atoms with Crippen LogP contribution in [0.1, 0.15) is 30.1 Å². The van der Waals surface area contributed by atoms with Crippen molar-refractivity contribution < 1.29 is 4.74 Å². The highest BCUT2D eigenvalue weighted by atomic mass is 35.5. The number of rotatable bonds is 4. The van der Waals surface area contributed by atoms with Crippen LogP contribution in [0.2, 0.25) is 5.02 Å². The molecule has 1 aromatic heterocycles. The van der Waals surface area contributed by atoms with E-state index in [0.29, 0.717) is 12.0 Å². The highest BCUT2D eigenvalue weighted by Crippen LogP contribution is 2.36. The molecule has 0 saturated carbocycles. The van der Waals surface area contributed by atoms with Gasteiger partial charge in [-0.1, -0.05) is 23.7 Å². The number of benzene rings is 1. The average Bonchev–Trinajstić information content (AvgIpc) is 3.11. The van der Waals surface area contributed by atoms with Crippen LogP contribution in [0, 0.1) is 12.8 Å². The molecule has 26 heavy (non-hydrogen) atoms. The molecule has 0 spiro atoms. The number of aryl methyl sites for hydroxylation is 1. The van der Waals surface area contributed by atoms with Crippen molar-refractivity contribution in [3.05, 3.63) is 45.9 Å². The van der Waals surface area contributed by atoms with Gasteiger partial charge in [-0.25, -0.2) is 4.98 Å². The number of thiazole rings is 1. The number of aromatic nitrogens is 1. The first-order chi connectivity index (χ1) is 12.7. The molecule has 2 saturated heterocycles. The third kappa shape index (κ3) is 4.06. The van der Waals surface area contributed by atoms with Gasteiger partial charge in [-0.3, -0.25) is 4.90 Å². The Bertz CT molecular complexity index is 706. The van der Waals surface area contributed by atoms with Crippen LogP contribution < -0.4 is 4.90 Å². The van der Waals surface area contributed by atoms with Crippen molar-refractivity contribution in [2.45, 2.75) is 25.8 Å². The van der Waals surface area contributed by atoms with Crippen LogP contribution in [-0.2, 0) is 4.74 Å². The minimum Gasteiger partial charge on any atom is -0.381 e. The van der Waals surface area contributed by atoms with Gasteiger partial charge in [0.25, 0.3) is 0 Å². The molecular formula is C20H26ClN3OS. The summed E-state index contributed by atoms with van der Waals surface area (Å²) in [6.45, 7) is 8.06. The Morgan fingerprint density at radius 2 is 1.81 bits per heavy atom. The summed E-state index contributed by atoms with van der Waals surface area (Å²) in [4.78, 5) is 9.75. The fourth-order valence-corrected chi connectivity index (χ4v) is 5.13. The summed E-state index contributed by atoms with van der Waals surface area (Å²) in [6.07, 6.45) is 2.28. The Kier molecular flexibility index (Phi) is 5.79. The Hall–Kier alpha value is -1.14. The van der Waals surface area contributed by atoms with Gasteiger partial charge in [0, 0.05) is 55.8 Å². The van der Waals surface area contributed by atoms with E-state index in [2.05, 4.69) is 39.2 Å². The van der Waals surface area contributed by atoms with Crippen molar-refractivity contribution in [1.29, 1.82) is 0 Å². The summed E-state index contributed by atoms with van der Waals surface area (Å²) in [6, 6.07) is 8.92. The average molecular weight is 392 g/mol. The smallest absolute Gasteiger partial charge is 0.185 e. The standard InChI is InChI=1S/C20H26ClN3OS/c1-15-14-26-20(22-15)24-10-8-23(9-11-24)19(17-6-12-25-13-7-17)16-2-4-18(21)5-3-16/h2-5,14,17,19H,6-13H2,1H3/t19-/m0/s1. The van der Waals surface area contributed by atoms with Gasteiger partial charge in [-0.2, -0.15) is 0 Å². The first-order valence-electron chi connectivity index (χ1n) is 9.45. The van der Waals surface area contributed by atoms with Gasteiger partial charge in [0.1, 0.15) is 0 Å². The van der Waals surface area contributed by atoms with Crippen LogP contribution in [0.25, 0.3) is 0 Å². The molecular weight excluding hydrogens is 366 g/mol. The second kappa shape index (κ2) is 8.26. The quantitative estimate of drug-likeness (QED) is 0.772. The second-order valence-electron chi connectivity index (χ2n) is 7.24. The lowest BCUT2D eigenvalue weighted by Crippen LogP contribution is -2.49. The second-order valence-corrected chi connectivity index (χ2v) is 8.51. The van der Waals surface area contributed by atoms with E-state index in [9.17, 15) is 0 Å². The van der Waals surface area contributed by atoms with Crippen LogP contribution >= 0.6 is 22.9 Å². The monoisotopic (exact) mass is 391 g/mol. The molecule has 0 radical (unpaired) electrons. The van der Waals surface area contributed by atoms with Crippen LogP contribution in [0.4, 0.5) is 5.13 Å². The van der Waals surface area contributed by atoms with Gasteiger partial charge in [0.2, 0.25) is 0 Å². The molecule has 0 amide bonds. The van der Waals surface area contributed by atoms with Gasteiger partial charge >= 0.3 is 0 Å². The number of ether oxygens (including phenoxy) is 1. The Balaban J connectivity index is 1.50. The Morgan fingerprint density at radius 3 is 2.42 bits per heavy atom. The molecule has 0 N–H and O–H groups in total. The molecule has 2 fully saturated rings. The van der Waals surface area contributed by atoms with Crippen LogP contribution in [0.3, 0.4) is 0 Å². The number of hydrogen-bond acceptors (Lipinski definition) is 5. The highest BCUT2D eigenvalue weighted by Gasteiger charge is 2.32. The summed E-state index contributed by atoms with van der Waals surface area (Å²) < 4.78 is 5.61. The SMILES string of the molecule is Cc1csc(N2CCN([C@@H](c3ccc(Cl)cc3)C3CCOCC3)CC2)n1. The molecule has 2 aromatic rings. The lowest BCUT2D eigenvalue weighted by atomic mass is 9.85. The molecule has 0 unspecified atom stereocenters. The molecule has 140 valence electrons. The van der Waals surface area contributed by atoms with E-state index < -0.39 is 0 Å². The number of hydrogen-bond donors (Lipinski definition) is 0. The third-order valence-electron chi connectivity index (χ3n) is 5.51. The summed E-state index contributed by atoms with van der Waals surface area (Å²) in [7, 11) is 0. The summed E-state index contributed by atoms with van der Waals surface area (Å²) in [5, 5.41) is 4.11. The van der Waals surface area contributed by atoms with Crippen LogP contribution in [0.15, 0.2) is 29.6 Å². The van der Waals surface area contributed by atoms with Crippen molar-refractivity contribution in [3.63, 3.8) is 0 Å². The minimum absolute atomic E-state index is 0.455. The van der Waals surface area contributed by atoms with E-state index in [1.807, 2.05) is 12.1 Å². The van der Waals surface area contributed by atoms with Crippen molar-refractivity contribution in [2.75, 3.05) is 44.3 Å². The van der Waals surface area contributed by atoms with Gasteiger partial charge < -0.3 is 9.64 Å². The summed E-state index contributed by atoms with van der Waals surface area (Å²) in [5.74, 6) is 0.651. The molecule has 6 heteroatoms. The molecule has 1 atom stereocenters. The third-order valence-corrected chi connectivity index (χ3v) is 6.78. The molecule has 2 aliphatic heterocycles. The summed E-state index contributed by atoms with van der Waals surface area (Å²) >= 11 is 7.89. The maximum absolute atomic E-state index is 6.13. The normalized spacial score (nSPS) is 21.1. The van der Waals surface area contributed by atoms with Gasteiger partial charge in [-0.05, 0) is 43.4 Å². The zero-order valence-electron chi connectivity index (χ0n) is 15.2. The van der Waals surface area contributed by atoms with E-state index in [1.165, 1.54) is 5.56 Å². The molecule has 3 heterocycles. The molecule has 0 bridgehead atoms. The first-order valence-corrected chi connectivity index (χ1v) is 10.7. The lowest BCUT2D eigenvalue weighted by Gasteiger charge is -2.43. The van der Waals surface area contributed by atoms with E-state index in [-0.39, 0.29) is 0 Å². The number of piperazine rings is 1. The fourth-order valence-electron chi connectivity index (χ4n) is 4.15. The topological polar surface area (TPSA) is 28.6 Å². The Morgan fingerprint density at radius 1 is 1.12 bits per heavy atom. The molecule has 2 aliphatic rings. The van der Waals surface area contributed by atoms with E-state index in [1.54, 1.807) is 11.3 Å². The number of nitrogens with zero attached hydrogens (tertiary/aromatic N) is 3. The minimum atomic E-state index is 0.455. The molecule has 1 aromatic carbocycles. The molecule has 0 aliphatic carbocycles. The maximum Gasteiger partial charge on any atom is 0.185 e. The van der Waals surface area contributed by atoms with E-state index in [4.69, 9.17) is 16.3 Å². The van der Waals surface area contributed by atoms with Crippen LogP contribution in [-0.4, -0.2) is 49.3 Å². The van der Waals surface area contributed by atoms with E-state index >= 15 is 0 Å². The predicted octanol–water partition coefficient (Wildman–Crippen LogP) is 4.39. The predicted molar refractivity (Wildman–Crippen MR) is 108 cm³/mol. The maximum atomic E-state index is 6.13. The lowest BCUT2D eigenvalue weighted by molar-refractivity contribution is 0.0230. The Labute approximate surface area is 164 Å². The largest absolute Gasteiger partial charge is 0.381 e. The molecule has 4 nitrogen and oxygen atoms in total. The summed E-state index contributed by atoms with van der Waals surface area (Å²) in [5.41, 5.74) is 2.51. The van der Waals surface area contributed by atoms with Crippen molar-refractivity contribution in [1.82, 2.24) is 9.88 Å². The fraction of sp³-hybridized carbons (Fsp3) is 0.550. The van der Waals surface area contributed by atoms with Crippen LogP contribution in [0.5, 0.6) is 0 Å².